The second-order valence-electron chi connectivity index (χ2n) is 5.21. The number of allylic oxidation sites excluding steroid dienone is 2. The zero-order chi connectivity index (χ0) is 18.0. The molecule has 0 amide bonds. The first-order valence-corrected chi connectivity index (χ1v) is 6.80. The Labute approximate surface area is 136 Å². The first-order valence-electron chi connectivity index (χ1n) is 6.80. The molecular formula is C15H11N5O4. The van der Waals surface area contributed by atoms with Gasteiger partial charge in [0.15, 0.2) is 0 Å². The Morgan fingerprint density at radius 1 is 1.17 bits per heavy atom. The molecule has 9 heteroatoms. The third kappa shape index (κ3) is 2.71. The van der Waals surface area contributed by atoms with Gasteiger partial charge in [0.2, 0.25) is 0 Å². The number of nitriles is 2. The highest BCUT2D eigenvalue weighted by Gasteiger charge is 2.38. The number of hydrogen-bond acceptors (Lipinski definition) is 7. The fourth-order valence-corrected chi connectivity index (χ4v) is 2.75. The van der Waals surface area contributed by atoms with E-state index >= 15 is 0 Å². The van der Waals surface area contributed by atoms with Gasteiger partial charge in [0.05, 0.1) is 45.2 Å². The molecule has 1 aliphatic heterocycles. The zero-order valence-electron chi connectivity index (χ0n) is 12.8. The van der Waals surface area contributed by atoms with Crippen LogP contribution < -0.4 is 0 Å². The smallest absolute Gasteiger partial charge is 0.260 e. The van der Waals surface area contributed by atoms with E-state index in [9.17, 15) is 30.8 Å². The van der Waals surface area contributed by atoms with E-state index in [2.05, 4.69) is 4.99 Å². The van der Waals surface area contributed by atoms with Crippen LogP contribution in [0.25, 0.3) is 0 Å². The summed E-state index contributed by atoms with van der Waals surface area (Å²) in [4.78, 5) is 24.9. The van der Waals surface area contributed by atoms with Crippen LogP contribution in [0, 0.1) is 48.8 Å². The lowest BCUT2D eigenvalue weighted by Crippen LogP contribution is -2.25. The van der Waals surface area contributed by atoms with Crippen molar-refractivity contribution in [1.82, 2.24) is 0 Å². The van der Waals surface area contributed by atoms with Crippen molar-refractivity contribution in [2.75, 3.05) is 0 Å². The molecule has 0 N–H and O–H groups in total. The molecule has 9 nitrogen and oxygen atoms in total. The number of non-ortho nitro benzene ring substituents is 1. The van der Waals surface area contributed by atoms with Crippen LogP contribution in [-0.2, 0) is 0 Å². The lowest BCUT2D eigenvalue weighted by molar-refractivity contribution is -0.394. The van der Waals surface area contributed by atoms with E-state index in [0.717, 1.165) is 12.1 Å². The second-order valence-corrected chi connectivity index (χ2v) is 5.21. The Bertz CT molecular complexity index is 888. The summed E-state index contributed by atoms with van der Waals surface area (Å²) in [6.45, 7) is 3.19. The Morgan fingerprint density at radius 2 is 1.83 bits per heavy atom. The predicted octanol–water partition coefficient (Wildman–Crippen LogP) is 3.00. The monoisotopic (exact) mass is 325 g/mol. The molecule has 2 atom stereocenters. The van der Waals surface area contributed by atoms with E-state index in [0.29, 0.717) is 11.4 Å². The van der Waals surface area contributed by atoms with E-state index in [1.54, 1.807) is 13.8 Å². The number of benzene rings is 1. The maximum atomic E-state index is 11.4. The standard InChI is InChI=1S/C15H11N5O4/c1-8-12(6-16)15(13(7-17)9(2)18-8)11-4-3-10(19(21)22)5-14(11)20(23)24/h3-5,12,15H,1-2H3. The van der Waals surface area contributed by atoms with Crippen LogP contribution in [0.2, 0.25) is 0 Å². The third-order valence-corrected chi connectivity index (χ3v) is 3.84. The van der Waals surface area contributed by atoms with Crippen LogP contribution in [0.1, 0.15) is 25.3 Å². The molecule has 0 aromatic heterocycles. The highest BCUT2D eigenvalue weighted by Crippen LogP contribution is 2.42. The summed E-state index contributed by atoms with van der Waals surface area (Å²) in [6, 6.07) is 7.17. The van der Waals surface area contributed by atoms with Crippen molar-refractivity contribution < 1.29 is 9.85 Å². The van der Waals surface area contributed by atoms with Crippen LogP contribution in [0.4, 0.5) is 11.4 Å². The van der Waals surface area contributed by atoms with Crippen LogP contribution in [0.5, 0.6) is 0 Å². The molecule has 0 bridgehead atoms. The summed E-state index contributed by atoms with van der Waals surface area (Å²) in [6.07, 6.45) is 0. The van der Waals surface area contributed by atoms with Crippen LogP contribution in [-0.4, -0.2) is 15.6 Å². The Balaban J connectivity index is 2.76. The summed E-state index contributed by atoms with van der Waals surface area (Å²) in [5, 5.41) is 41.0. The zero-order valence-corrected chi connectivity index (χ0v) is 12.8. The maximum absolute atomic E-state index is 11.4. The molecule has 0 saturated heterocycles. The lowest BCUT2D eigenvalue weighted by atomic mass is 9.76. The van der Waals surface area contributed by atoms with Gasteiger partial charge in [-0.1, -0.05) is 0 Å². The van der Waals surface area contributed by atoms with Gasteiger partial charge in [0.25, 0.3) is 11.4 Å². The largest absolute Gasteiger partial charge is 0.280 e. The van der Waals surface area contributed by atoms with Crippen molar-refractivity contribution in [2.24, 2.45) is 10.9 Å². The average molecular weight is 325 g/mol. The minimum absolute atomic E-state index is 0.0855. The quantitative estimate of drug-likeness (QED) is 0.616. The summed E-state index contributed by atoms with van der Waals surface area (Å²) >= 11 is 0. The van der Waals surface area contributed by atoms with Gasteiger partial charge >= 0.3 is 0 Å². The van der Waals surface area contributed by atoms with E-state index in [1.165, 1.54) is 6.07 Å². The molecule has 1 aromatic rings. The number of aliphatic imine (C=N–C) groups is 1. The molecule has 0 fully saturated rings. The van der Waals surface area contributed by atoms with Gasteiger partial charge in [-0.05, 0) is 19.9 Å². The molecule has 120 valence electrons. The van der Waals surface area contributed by atoms with Gasteiger partial charge in [0.1, 0.15) is 0 Å². The minimum atomic E-state index is -0.890. The fraction of sp³-hybridized carbons (Fsp3) is 0.267. The van der Waals surface area contributed by atoms with E-state index < -0.39 is 33.1 Å². The highest BCUT2D eigenvalue weighted by atomic mass is 16.6. The molecule has 2 rings (SSSR count). The Morgan fingerprint density at radius 3 is 2.33 bits per heavy atom. The molecule has 1 aliphatic rings. The molecule has 0 radical (unpaired) electrons. The van der Waals surface area contributed by atoms with Crippen LogP contribution >= 0.6 is 0 Å². The van der Waals surface area contributed by atoms with Gasteiger partial charge in [-0.15, -0.1) is 0 Å². The first-order chi connectivity index (χ1) is 11.3. The number of nitro groups is 2. The molecule has 0 spiro atoms. The van der Waals surface area contributed by atoms with Crippen molar-refractivity contribution >= 4 is 17.1 Å². The van der Waals surface area contributed by atoms with Crippen molar-refractivity contribution in [2.45, 2.75) is 19.8 Å². The topological polar surface area (TPSA) is 146 Å². The van der Waals surface area contributed by atoms with E-state index in [1.807, 2.05) is 12.1 Å². The van der Waals surface area contributed by atoms with Gasteiger partial charge in [-0.25, -0.2) is 0 Å². The minimum Gasteiger partial charge on any atom is -0.260 e. The van der Waals surface area contributed by atoms with Gasteiger partial charge in [0, 0.05) is 23.3 Å². The molecule has 24 heavy (non-hydrogen) atoms. The van der Waals surface area contributed by atoms with Crippen molar-refractivity contribution in [1.29, 1.82) is 10.5 Å². The summed E-state index contributed by atoms with van der Waals surface area (Å²) in [7, 11) is 0. The average Bonchev–Trinajstić information content (AvgIpc) is 2.53. The molecular weight excluding hydrogens is 314 g/mol. The number of hydrogen-bond donors (Lipinski definition) is 0. The van der Waals surface area contributed by atoms with E-state index in [-0.39, 0.29) is 11.1 Å². The molecule has 1 heterocycles. The van der Waals surface area contributed by atoms with Crippen LogP contribution in [0.15, 0.2) is 34.5 Å². The summed E-state index contributed by atoms with van der Waals surface area (Å²) in [5.41, 5.74) is 0.112. The van der Waals surface area contributed by atoms with Gasteiger partial charge in [-0.3, -0.25) is 25.2 Å². The highest BCUT2D eigenvalue weighted by molar-refractivity contribution is 5.91. The van der Waals surface area contributed by atoms with Crippen molar-refractivity contribution in [3.63, 3.8) is 0 Å². The number of nitro benzene ring substituents is 2. The third-order valence-electron chi connectivity index (χ3n) is 3.84. The van der Waals surface area contributed by atoms with Crippen LogP contribution in [0.3, 0.4) is 0 Å². The van der Waals surface area contributed by atoms with Gasteiger partial charge in [-0.2, -0.15) is 10.5 Å². The fourth-order valence-electron chi connectivity index (χ4n) is 2.75. The number of nitrogens with zero attached hydrogens (tertiary/aromatic N) is 5. The van der Waals surface area contributed by atoms with Crippen molar-refractivity contribution in [3.8, 4) is 12.1 Å². The van der Waals surface area contributed by atoms with E-state index in [4.69, 9.17) is 0 Å². The predicted molar refractivity (Wildman–Crippen MR) is 83.0 cm³/mol. The Kier molecular flexibility index (Phi) is 4.38. The molecule has 1 aromatic carbocycles. The first kappa shape index (κ1) is 16.8. The Hall–Kier alpha value is -3.59. The summed E-state index contributed by atoms with van der Waals surface area (Å²) in [5.74, 6) is -1.75. The van der Waals surface area contributed by atoms with Crippen molar-refractivity contribution in [3.05, 3.63) is 55.3 Å². The molecule has 2 unspecified atom stereocenters. The maximum Gasteiger partial charge on any atom is 0.280 e. The normalized spacial score (nSPS) is 19.9. The lowest BCUT2D eigenvalue weighted by Gasteiger charge is -2.26. The molecule has 0 aliphatic carbocycles. The number of rotatable bonds is 3. The SMILES string of the molecule is CC1=NC(C)=C(C#N)C(c2ccc([N+](=O)[O-])cc2[N+](=O)[O-])C1C#N. The summed E-state index contributed by atoms with van der Waals surface area (Å²) < 4.78 is 0. The molecule has 0 saturated carbocycles. The van der Waals surface area contributed by atoms with Gasteiger partial charge < -0.3 is 0 Å². The second kappa shape index (κ2) is 6.26.